The van der Waals surface area contributed by atoms with E-state index >= 15 is 4.39 Å². The zero-order chi connectivity index (χ0) is 35.0. The summed E-state index contributed by atoms with van der Waals surface area (Å²) >= 11 is 0. The molecule has 0 bridgehead atoms. The Morgan fingerprint density at radius 2 is 1.79 bits per heavy atom. The minimum Gasteiger partial charge on any atom is -0.493 e. The van der Waals surface area contributed by atoms with Gasteiger partial charge in [-0.05, 0) is 43.0 Å². The van der Waals surface area contributed by atoms with Gasteiger partial charge in [0.2, 0.25) is 11.7 Å². The van der Waals surface area contributed by atoms with Crippen LogP contribution in [0.5, 0.6) is 11.5 Å². The SMILES string of the molecule is CCOc1cc2c(cc1OC)CC(C(CS(C)(=O)=O)[C@H]1C(C(=O)C(=O)O)c3c(NC(=O)CC(C)C)ccc(F)c3N1C(=O)C(=O)O)N2. The van der Waals surface area contributed by atoms with Crippen molar-refractivity contribution in [1.29, 1.82) is 0 Å². The Balaban J connectivity index is 1.97. The largest absolute Gasteiger partial charge is 0.493 e. The van der Waals surface area contributed by atoms with Crippen molar-refractivity contribution < 1.29 is 56.5 Å². The molecule has 2 aromatic rings. The van der Waals surface area contributed by atoms with Crippen LogP contribution < -0.4 is 25.0 Å². The molecule has 0 aliphatic carbocycles. The number of carboxylic acids is 2. The van der Waals surface area contributed by atoms with Crippen molar-refractivity contribution in [2.24, 2.45) is 11.8 Å². The number of hydrogen-bond acceptors (Lipinski definition) is 10. The minimum atomic E-state index is -3.99. The third-order valence-electron chi connectivity index (χ3n) is 8.04. The Morgan fingerprint density at radius 3 is 2.34 bits per heavy atom. The quantitative estimate of drug-likeness (QED) is 0.239. The summed E-state index contributed by atoms with van der Waals surface area (Å²) in [5.41, 5.74) is -0.293. The number of sulfone groups is 1. The number of ether oxygens (including phenoxy) is 2. The lowest BCUT2D eigenvalue weighted by Crippen LogP contribution is -2.54. The number of carbonyl (C=O) groups excluding carboxylic acids is 3. The molecule has 2 heterocycles. The van der Waals surface area contributed by atoms with E-state index in [1.54, 1.807) is 32.9 Å². The van der Waals surface area contributed by atoms with Crippen LogP contribution in [0.2, 0.25) is 0 Å². The average molecular weight is 678 g/mol. The zero-order valence-corrected chi connectivity index (χ0v) is 27.1. The number of benzene rings is 2. The summed E-state index contributed by atoms with van der Waals surface area (Å²) in [4.78, 5) is 64.7. The van der Waals surface area contributed by atoms with Gasteiger partial charge in [0, 0.05) is 47.6 Å². The van der Waals surface area contributed by atoms with Crippen LogP contribution in [0, 0.1) is 17.7 Å². The van der Waals surface area contributed by atoms with E-state index in [4.69, 9.17) is 9.47 Å². The van der Waals surface area contributed by atoms with Gasteiger partial charge in [-0.1, -0.05) is 13.8 Å². The fraction of sp³-hybridized carbons (Fsp3) is 0.452. The summed E-state index contributed by atoms with van der Waals surface area (Å²) < 4.78 is 52.7. The third-order valence-corrected chi connectivity index (χ3v) is 9.03. The number of carbonyl (C=O) groups is 5. The maximum atomic E-state index is 15.8. The van der Waals surface area contributed by atoms with Crippen molar-refractivity contribution in [2.45, 2.75) is 51.6 Å². The zero-order valence-electron chi connectivity index (χ0n) is 26.3. The Kier molecular flexibility index (Phi) is 10.1. The second-order valence-corrected chi connectivity index (χ2v) is 14.1. The van der Waals surface area contributed by atoms with Gasteiger partial charge in [-0.3, -0.25) is 19.3 Å². The van der Waals surface area contributed by atoms with Gasteiger partial charge in [-0.2, -0.15) is 0 Å². The summed E-state index contributed by atoms with van der Waals surface area (Å²) in [7, 11) is -2.56. The first kappa shape index (κ1) is 35.1. The van der Waals surface area contributed by atoms with Crippen molar-refractivity contribution in [3.63, 3.8) is 0 Å². The molecule has 254 valence electrons. The number of anilines is 3. The maximum absolute atomic E-state index is 15.8. The number of halogens is 1. The summed E-state index contributed by atoms with van der Waals surface area (Å²) in [6.07, 6.45) is 0.934. The van der Waals surface area contributed by atoms with E-state index in [1.165, 1.54) is 7.11 Å². The normalized spacial score (nSPS) is 19.0. The molecule has 0 aromatic heterocycles. The van der Waals surface area contributed by atoms with Crippen LogP contribution in [0.1, 0.15) is 44.2 Å². The number of Topliss-reactive ketones (excluding diaryl/α,β-unsaturated/α-hetero) is 1. The van der Waals surface area contributed by atoms with Gasteiger partial charge in [0.1, 0.15) is 15.7 Å². The highest BCUT2D eigenvalue weighted by Gasteiger charge is 2.56. The van der Waals surface area contributed by atoms with E-state index in [1.807, 2.05) is 0 Å². The fourth-order valence-electron chi connectivity index (χ4n) is 6.37. The monoisotopic (exact) mass is 677 g/mol. The summed E-state index contributed by atoms with van der Waals surface area (Å²) in [5, 5.41) is 25.5. The highest BCUT2D eigenvalue weighted by Crippen LogP contribution is 2.51. The van der Waals surface area contributed by atoms with Crippen LogP contribution in [0.4, 0.5) is 21.5 Å². The molecule has 0 saturated heterocycles. The highest BCUT2D eigenvalue weighted by molar-refractivity contribution is 7.90. The maximum Gasteiger partial charge on any atom is 0.394 e. The lowest BCUT2D eigenvalue weighted by atomic mass is 9.79. The molecule has 0 radical (unpaired) electrons. The summed E-state index contributed by atoms with van der Waals surface area (Å²) in [6.45, 7) is 5.56. The molecule has 0 spiro atoms. The van der Waals surface area contributed by atoms with Gasteiger partial charge in [-0.15, -0.1) is 0 Å². The molecule has 16 heteroatoms. The van der Waals surface area contributed by atoms with E-state index in [0.717, 1.165) is 18.4 Å². The van der Waals surface area contributed by atoms with E-state index in [-0.39, 0.29) is 24.4 Å². The number of carboxylic acid groups (broad SMARTS) is 2. The standard InChI is InChI=1S/C31H36FN3O11S/c1-6-46-22-12-19-15(11-21(22)45-4)10-20(33-19)16(13-47(5,43)44)26-25(28(37)30(39)40)24-18(34-23(36)9-14(2)3)8-7-17(32)27(24)35(26)29(38)31(41)42/h7-8,11-12,14,16,20,25-26,33H,6,9-10,13H2,1-5H3,(H,34,36)(H,39,40)(H,41,42)/t16?,20?,25?,26-/m0/s1. The van der Waals surface area contributed by atoms with Gasteiger partial charge in [0.05, 0.1) is 37.1 Å². The first-order valence-corrected chi connectivity index (χ1v) is 16.8. The van der Waals surface area contributed by atoms with Gasteiger partial charge < -0.3 is 30.3 Å². The Labute approximate surface area is 270 Å². The molecule has 2 aromatic carbocycles. The van der Waals surface area contributed by atoms with Crippen LogP contribution in [-0.4, -0.2) is 86.0 Å². The van der Waals surface area contributed by atoms with Crippen LogP contribution >= 0.6 is 0 Å². The van der Waals surface area contributed by atoms with Crippen molar-refractivity contribution in [2.75, 3.05) is 41.3 Å². The fourth-order valence-corrected chi connectivity index (χ4v) is 7.50. The molecular formula is C31H36FN3O11S. The average Bonchev–Trinajstić information content (AvgIpc) is 3.55. The van der Waals surface area contributed by atoms with Gasteiger partial charge in [0.25, 0.3) is 0 Å². The Hall–Kier alpha value is -4.73. The molecule has 2 aliphatic rings. The van der Waals surface area contributed by atoms with Crippen molar-refractivity contribution in [3.8, 4) is 11.5 Å². The number of amides is 2. The number of rotatable bonds is 12. The molecule has 2 amide bonds. The van der Waals surface area contributed by atoms with Gasteiger partial charge in [0.15, 0.2) is 11.5 Å². The van der Waals surface area contributed by atoms with E-state index < -0.39 is 86.1 Å². The number of fused-ring (bicyclic) bond motifs is 2. The van der Waals surface area contributed by atoms with Crippen LogP contribution in [0.25, 0.3) is 0 Å². The second-order valence-electron chi connectivity index (χ2n) is 11.9. The molecule has 0 saturated carbocycles. The molecule has 4 atom stereocenters. The summed E-state index contributed by atoms with van der Waals surface area (Å²) in [6, 6.07) is 2.40. The number of aliphatic carboxylic acids is 2. The van der Waals surface area contributed by atoms with Gasteiger partial charge in [-0.25, -0.2) is 22.4 Å². The molecule has 14 nitrogen and oxygen atoms in total. The Morgan fingerprint density at radius 1 is 1.11 bits per heavy atom. The number of nitrogens with zero attached hydrogens (tertiary/aromatic N) is 1. The number of hydrogen-bond donors (Lipinski definition) is 4. The van der Waals surface area contributed by atoms with Gasteiger partial charge >= 0.3 is 17.8 Å². The number of methoxy groups -OCH3 is 1. The molecule has 4 rings (SSSR count). The van der Waals surface area contributed by atoms with E-state index in [9.17, 15) is 42.6 Å². The molecule has 3 unspecified atom stereocenters. The van der Waals surface area contributed by atoms with Crippen molar-refractivity contribution in [3.05, 3.63) is 41.2 Å². The predicted molar refractivity (Wildman–Crippen MR) is 167 cm³/mol. The van der Waals surface area contributed by atoms with E-state index in [0.29, 0.717) is 34.3 Å². The molecule has 47 heavy (non-hydrogen) atoms. The first-order valence-electron chi connectivity index (χ1n) is 14.7. The number of nitrogens with one attached hydrogen (secondary N) is 2. The van der Waals surface area contributed by atoms with Crippen LogP contribution in [0.3, 0.4) is 0 Å². The lowest BCUT2D eigenvalue weighted by Gasteiger charge is -2.36. The second kappa shape index (κ2) is 13.6. The number of ketones is 1. The lowest BCUT2D eigenvalue weighted by molar-refractivity contribution is -0.150. The molecular weight excluding hydrogens is 641 g/mol. The van der Waals surface area contributed by atoms with Crippen molar-refractivity contribution in [1.82, 2.24) is 0 Å². The highest BCUT2D eigenvalue weighted by atomic mass is 32.2. The molecule has 2 aliphatic heterocycles. The third kappa shape index (κ3) is 7.16. The van der Waals surface area contributed by atoms with Crippen LogP contribution in [-0.2, 0) is 40.2 Å². The Bertz CT molecular complexity index is 1740. The van der Waals surface area contributed by atoms with E-state index in [2.05, 4.69) is 10.6 Å². The minimum absolute atomic E-state index is 0.0148. The molecule has 4 N–H and O–H groups in total. The first-order chi connectivity index (χ1) is 22.0. The van der Waals surface area contributed by atoms with Crippen molar-refractivity contribution >= 4 is 56.4 Å². The predicted octanol–water partition coefficient (Wildman–Crippen LogP) is 2.45. The van der Waals surface area contributed by atoms with Crippen LogP contribution in [0.15, 0.2) is 24.3 Å². The summed E-state index contributed by atoms with van der Waals surface area (Å²) in [5.74, 6) is -12.6. The topological polar surface area (TPSA) is 206 Å². The smallest absolute Gasteiger partial charge is 0.394 e. The molecule has 0 fully saturated rings.